The zero-order valence-corrected chi connectivity index (χ0v) is 10.6. The molecule has 0 aromatic heterocycles. The summed E-state index contributed by atoms with van der Waals surface area (Å²) < 4.78 is 4.90. The first kappa shape index (κ1) is 13.7. The number of carbonyl (C=O) groups excluding carboxylic acids is 2. The molecule has 0 atom stereocenters. The third-order valence-corrected chi connectivity index (χ3v) is 2.87. The smallest absolute Gasteiger partial charge is 0.334 e. The van der Waals surface area contributed by atoms with Crippen LogP contribution in [0.1, 0.15) is 46.0 Å². The highest BCUT2D eigenvalue weighted by Gasteiger charge is 2.17. The van der Waals surface area contributed by atoms with Crippen molar-refractivity contribution < 1.29 is 14.3 Å². The molecule has 1 aliphatic heterocycles. The Bertz CT molecular complexity index is 350. The molecule has 0 saturated heterocycles. The third kappa shape index (κ3) is 4.98. The van der Waals surface area contributed by atoms with E-state index < -0.39 is 0 Å². The van der Waals surface area contributed by atoms with Crippen LogP contribution in [0.5, 0.6) is 0 Å². The standard InChI is InChI=1S/C14H20O3/c1-11(15)8-6-4-3-5-7-9-13-10-17-14(16)12(13)2/h7,9H,3-6,8,10H2,1-2H3/b9-7+. The maximum Gasteiger partial charge on any atom is 0.334 e. The summed E-state index contributed by atoms with van der Waals surface area (Å²) in [6.45, 7) is 3.83. The predicted octanol–water partition coefficient (Wildman–Crippen LogP) is 2.96. The number of ether oxygens (including phenoxy) is 1. The average molecular weight is 236 g/mol. The molecule has 3 nitrogen and oxygen atoms in total. The first-order chi connectivity index (χ1) is 8.11. The van der Waals surface area contributed by atoms with Crippen molar-refractivity contribution in [3.8, 4) is 0 Å². The predicted molar refractivity (Wildman–Crippen MR) is 66.6 cm³/mol. The van der Waals surface area contributed by atoms with E-state index in [2.05, 4.69) is 6.08 Å². The molecule has 0 bridgehead atoms. The first-order valence-electron chi connectivity index (χ1n) is 6.14. The van der Waals surface area contributed by atoms with Gasteiger partial charge in [-0.2, -0.15) is 0 Å². The van der Waals surface area contributed by atoms with Gasteiger partial charge in [0.05, 0.1) is 0 Å². The van der Waals surface area contributed by atoms with Gasteiger partial charge in [-0.15, -0.1) is 0 Å². The Labute approximate surface area is 103 Å². The number of hydrogen-bond acceptors (Lipinski definition) is 3. The topological polar surface area (TPSA) is 43.4 Å². The molecule has 1 heterocycles. The van der Waals surface area contributed by atoms with Gasteiger partial charge in [0, 0.05) is 12.0 Å². The molecule has 0 aromatic rings. The fourth-order valence-electron chi connectivity index (χ4n) is 1.70. The molecule has 0 radical (unpaired) electrons. The van der Waals surface area contributed by atoms with Crippen molar-refractivity contribution >= 4 is 11.8 Å². The Kier molecular flexibility index (Phi) is 5.67. The van der Waals surface area contributed by atoms with Gasteiger partial charge in [0.1, 0.15) is 12.4 Å². The van der Waals surface area contributed by atoms with Crippen LogP contribution in [0.3, 0.4) is 0 Å². The van der Waals surface area contributed by atoms with E-state index >= 15 is 0 Å². The van der Waals surface area contributed by atoms with Crippen LogP contribution in [0.4, 0.5) is 0 Å². The average Bonchev–Trinajstić information content (AvgIpc) is 2.59. The number of allylic oxidation sites excluding steroid dienone is 1. The fourth-order valence-corrected chi connectivity index (χ4v) is 1.70. The zero-order valence-electron chi connectivity index (χ0n) is 10.6. The van der Waals surface area contributed by atoms with Gasteiger partial charge in [-0.25, -0.2) is 4.79 Å². The van der Waals surface area contributed by atoms with Crippen molar-refractivity contribution in [1.82, 2.24) is 0 Å². The number of cyclic esters (lactones) is 1. The largest absolute Gasteiger partial charge is 0.457 e. The van der Waals surface area contributed by atoms with E-state index in [1.807, 2.05) is 6.08 Å². The van der Waals surface area contributed by atoms with Crippen molar-refractivity contribution in [2.75, 3.05) is 6.61 Å². The molecule has 0 fully saturated rings. The maximum atomic E-state index is 11.1. The second-order valence-corrected chi connectivity index (χ2v) is 4.43. The van der Waals surface area contributed by atoms with E-state index in [0.29, 0.717) is 13.0 Å². The molecule has 0 aliphatic carbocycles. The lowest BCUT2D eigenvalue weighted by molar-refractivity contribution is -0.135. The van der Waals surface area contributed by atoms with E-state index in [0.717, 1.165) is 36.8 Å². The molecule has 0 N–H and O–H groups in total. The van der Waals surface area contributed by atoms with Gasteiger partial charge >= 0.3 is 5.97 Å². The highest BCUT2D eigenvalue weighted by Crippen LogP contribution is 2.16. The first-order valence-corrected chi connectivity index (χ1v) is 6.14. The van der Waals surface area contributed by atoms with Gasteiger partial charge < -0.3 is 9.53 Å². The molecule has 1 aliphatic rings. The number of esters is 1. The number of hydrogen-bond donors (Lipinski definition) is 0. The van der Waals surface area contributed by atoms with E-state index in [4.69, 9.17) is 4.74 Å². The van der Waals surface area contributed by atoms with Gasteiger partial charge in [0.25, 0.3) is 0 Å². The molecule has 94 valence electrons. The van der Waals surface area contributed by atoms with Crippen LogP contribution in [0.25, 0.3) is 0 Å². The minimum atomic E-state index is -0.203. The van der Waals surface area contributed by atoms with Crippen molar-refractivity contribution in [3.05, 3.63) is 23.3 Å². The Hall–Kier alpha value is -1.38. The Balaban J connectivity index is 2.14. The number of carbonyl (C=O) groups is 2. The summed E-state index contributed by atoms with van der Waals surface area (Å²) in [6, 6.07) is 0. The highest BCUT2D eigenvalue weighted by molar-refractivity contribution is 5.91. The number of Topliss-reactive ketones (excluding diaryl/α,β-unsaturated/α-hetero) is 1. The number of ketones is 1. The molecule has 0 spiro atoms. The molecular weight excluding hydrogens is 216 g/mol. The van der Waals surface area contributed by atoms with Gasteiger partial charge in [-0.1, -0.05) is 18.6 Å². The molecule has 0 saturated carbocycles. The summed E-state index contributed by atoms with van der Waals surface area (Å²) >= 11 is 0. The van der Waals surface area contributed by atoms with Crippen LogP contribution < -0.4 is 0 Å². The second-order valence-electron chi connectivity index (χ2n) is 4.43. The van der Waals surface area contributed by atoms with Crippen molar-refractivity contribution in [3.63, 3.8) is 0 Å². The van der Waals surface area contributed by atoms with E-state index in [1.54, 1.807) is 13.8 Å². The normalized spacial score (nSPS) is 15.8. The van der Waals surface area contributed by atoms with Gasteiger partial charge in [0.2, 0.25) is 0 Å². The summed E-state index contributed by atoms with van der Waals surface area (Å²) in [5.41, 5.74) is 1.71. The van der Waals surface area contributed by atoms with Crippen LogP contribution in [-0.2, 0) is 14.3 Å². The summed E-state index contributed by atoms with van der Waals surface area (Å²) in [7, 11) is 0. The highest BCUT2D eigenvalue weighted by atomic mass is 16.5. The van der Waals surface area contributed by atoms with Gasteiger partial charge in [0.15, 0.2) is 0 Å². The van der Waals surface area contributed by atoms with Crippen molar-refractivity contribution in [2.24, 2.45) is 0 Å². The Morgan fingerprint density at radius 3 is 2.71 bits per heavy atom. The molecular formula is C14H20O3. The molecule has 0 aromatic carbocycles. The van der Waals surface area contributed by atoms with Crippen LogP contribution >= 0.6 is 0 Å². The quantitative estimate of drug-likeness (QED) is 0.504. The van der Waals surface area contributed by atoms with Crippen LogP contribution in [0.15, 0.2) is 23.3 Å². The maximum absolute atomic E-state index is 11.1. The fraction of sp³-hybridized carbons (Fsp3) is 0.571. The van der Waals surface area contributed by atoms with E-state index in [1.165, 1.54) is 0 Å². The Morgan fingerprint density at radius 2 is 2.12 bits per heavy atom. The minimum Gasteiger partial charge on any atom is -0.457 e. The number of rotatable bonds is 7. The van der Waals surface area contributed by atoms with Crippen LogP contribution in [-0.4, -0.2) is 18.4 Å². The molecule has 0 unspecified atom stereocenters. The summed E-state index contributed by atoms with van der Waals surface area (Å²) in [4.78, 5) is 21.8. The van der Waals surface area contributed by atoms with Gasteiger partial charge in [-0.3, -0.25) is 0 Å². The summed E-state index contributed by atoms with van der Waals surface area (Å²) in [5.74, 6) is 0.0639. The molecule has 17 heavy (non-hydrogen) atoms. The summed E-state index contributed by atoms with van der Waals surface area (Å²) in [5, 5.41) is 0. The molecule has 0 amide bonds. The van der Waals surface area contributed by atoms with Crippen LogP contribution in [0, 0.1) is 0 Å². The minimum absolute atomic E-state index is 0.203. The van der Waals surface area contributed by atoms with Crippen molar-refractivity contribution in [2.45, 2.75) is 46.0 Å². The lowest BCUT2D eigenvalue weighted by Gasteiger charge is -1.96. The lowest BCUT2D eigenvalue weighted by atomic mass is 10.1. The molecule has 1 rings (SSSR count). The van der Waals surface area contributed by atoms with E-state index in [9.17, 15) is 9.59 Å². The van der Waals surface area contributed by atoms with Crippen LogP contribution in [0.2, 0.25) is 0 Å². The lowest BCUT2D eigenvalue weighted by Crippen LogP contribution is -1.94. The monoisotopic (exact) mass is 236 g/mol. The molecule has 3 heteroatoms. The SMILES string of the molecule is CC(=O)CCCCC/C=C/C1=C(C)C(=O)OC1. The Morgan fingerprint density at radius 1 is 1.35 bits per heavy atom. The van der Waals surface area contributed by atoms with Crippen molar-refractivity contribution in [1.29, 1.82) is 0 Å². The zero-order chi connectivity index (χ0) is 12.7. The third-order valence-electron chi connectivity index (χ3n) is 2.87. The number of unbranched alkanes of at least 4 members (excludes halogenated alkanes) is 3. The summed E-state index contributed by atoms with van der Waals surface area (Å²) in [6.07, 6.45) is 8.88. The second kappa shape index (κ2) is 7.05. The van der Waals surface area contributed by atoms with Gasteiger partial charge in [-0.05, 0) is 38.7 Å². The van der Waals surface area contributed by atoms with E-state index in [-0.39, 0.29) is 11.8 Å².